The largest absolute Gasteiger partial charge is 0.492 e. The van der Waals surface area contributed by atoms with E-state index in [4.69, 9.17) is 9.84 Å². The number of hydrogen-bond acceptors (Lipinski definition) is 4. The third-order valence-electron chi connectivity index (χ3n) is 2.20. The fraction of sp³-hybridized carbons (Fsp3) is 0.364. The number of nitrogens with one attached hydrogen (secondary N) is 1. The second-order valence-electron chi connectivity index (χ2n) is 3.71. The number of hydrogen-bond donors (Lipinski definition) is 2. The number of carbonyl (C=O) groups is 1. The van der Waals surface area contributed by atoms with Crippen LogP contribution in [0.2, 0.25) is 0 Å². The highest BCUT2D eigenvalue weighted by Gasteiger charge is 2.25. The van der Waals surface area contributed by atoms with Crippen LogP contribution in [-0.2, 0) is 14.8 Å². The van der Waals surface area contributed by atoms with Gasteiger partial charge in [-0.25, -0.2) is 8.42 Å². The van der Waals surface area contributed by atoms with Gasteiger partial charge in [0.2, 0.25) is 10.0 Å². The van der Waals surface area contributed by atoms with Gasteiger partial charge >= 0.3 is 5.97 Å². The van der Waals surface area contributed by atoms with Crippen molar-refractivity contribution in [1.29, 1.82) is 0 Å². The Morgan fingerprint density at radius 2 is 2.16 bits per heavy atom. The monoisotopic (exact) mass is 351 g/mol. The summed E-state index contributed by atoms with van der Waals surface area (Å²) in [5.74, 6) is -1.08. The molecule has 8 heteroatoms. The van der Waals surface area contributed by atoms with Crippen LogP contribution < -0.4 is 9.46 Å². The van der Waals surface area contributed by atoms with Crippen molar-refractivity contribution < 1.29 is 23.1 Å². The Kier molecular flexibility index (Phi) is 5.33. The van der Waals surface area contributed by atoms with E-state index in [2.05, 4.69) is 20.7 Å². The Hall–Kier alpha value is -1.12. The van der Waals surface area contributed by atoms with Gasteiger partial charge in [-0.15, -0.1) is 0 Å². The Bertz CT molecular complexity index is 572. The molecule has 1 aromatic rings. The van der Waals surface area contributed by atoms with E-state index in [0.717, 1.165) is 0 Å². The maximum absolute atomic E-state index is 12.1. The van der Waals surface area contributed by atoms with Gasteiger partial charge in [0.1, 0.15) is 16.7 Å². The summed E-state index contributed by atoms with van der Waals surface area (Å²) in [6.45, 7) is 3.28. The average molecular weight is 352 g/mol. The first-order valence-electron chi connectivity index (χ1n) is 5.45. The molecular formula is C11H14BrNO5S. The van der Waals surface area contributed by atoms with E-state index in [1.807, 2.05) is 0 Å². The van der Waals surface area contributed by atoms with Crippen molar-refractivity contribution in [1.82, 2.24) is 4.72 Å². The number of benzene rings is 1. The zero-order valence-electron chi connectivity index (χ0n) is 10.4. The summed E-state index contributed by atoms with van der Waals surface area (Å²) < 4.78 is 32.1. The smallest absolute Gasteiger partial charge is 0.321 e. The molecule has 1 rings (SSSR count). The lowest BCUT2D eigenvalue weighted by Crippen LogP contribution is -2.38. The van der Waals surface area contributed by atoms with Gasteiger partial charge in [-0.05, 0) is 32.0 Å². The maximum Gasteiger partial charge on any atom is 0.321 e. The van der Waals surface area contributed by atoms with Crippen molar-refractivity contribution in [3.8, 4) is 5.75 Å². The first-order valence-corrected chi connectivity index (χ1v) is 7.73. The molecule has 6 nitrogen and oxygen atoms in total. The summed E-state index contributed by atoms with van der Waals surface area (Å²) in [5.41, 5.74) is 0. The number of carboxylic acid groups (broad SMARTS) is 1. The number of halogens is 1. The molecule has 0 radical (unpaired) electrons. The summed E-state index contributed by atoms with van der Waals surface area (Å²) >= 11 is 3.17. The van der Waals surface area contributed by atoms with Gasteiger partial charge in [-0.3, -0.25) is 4.79 Å². The molecule has 0 amide bonds. The minimum Gasteiger partial charge on any atom is -0.492 e. The molecule has 0 saturated heterocycles. The van der Waals surface area contributed by atoms with E-state index >= 15 is 0 Å². The predicted molar refractivity (Wildman–Crippen MR) is 72.7 cm³/mol. The van der Waals surface area contributed by atoms with E-state index < -0.39 is 22.0 Å². The third-order valence-corrected chi connectivity index (χ3v) is 4.25. The molecule has 0 aliphatic heterocycles. The van der Waals surface area contributed by atoms with Crippen molar-refractivity contribution >= 4 is 31.9 Å². The first-order chi connectivity index (χ1) is 8.77. The van der Waals surface area contributed by atoms with Gasteiger partial charge in [0.25, 0.3) is 0 Å². The van der Waals surface area contributed by atoms with Gasteiger partial charge in [-0.1, -0.05) is 15.9 Å². The van der Waals surface area contributed by atoms with Crippen molar-refractivity contribution in [2.75, 3.05) is 6.61 Å². The Labute approximate surface area is 120 Å². The molecule has 0 saturated carbocycles. The van der Waals surface area contributed by atoms with Crippen LogP contribution in [0.3, 0.4) is 0 Å². The second-order valence-corrected chi connectivity index (χ2v) is 6.30. The van der Waals surface area contributed by atoms with E-state index in [9.17, 15) is 13.2 Å². The lowest BCUT2D eigenvalue weighted by molar-refractivity contribution is -0.138. The number of aliphatic carboxylic acids is 1. The average Bonchev–Trinajstić information content (AvgIpc) is 2.31. The molecule has 0 unspecified atom stereocenters. The standard InChI is InChI=1S/C11H14BrNO5S/c1-3-18-9-5-4-8(12)6-10(9)19(16,17)13-7(2)11(14)15/h4-7,13H,3H2,1-2H3,(H,14,15)/t7-/m1/s1. The number of sulfonamides is 1. The summed E-state index contributed by atoms with van der Waals surface area (Å²) in [6, 6.07) is 3.29. The summed E-state index contributed by atoms with van der Waals surface area (Å²) in [5, 5.41) is 8.75. The van der Waals surface area contributed by atoms with Gasteiger partial charge in [0, 0.05) is 4.47 Å². The van der Waals surface area contributed by atoms with Crippen LogP contribution in [0.5, 0.6) is 5.75 Å². The van der Waals surface area contributed by atoms with Crippen LogP contribution in [0.1, 0.15) is 13.8 Å². The highest BCUT2D eigenvalue weighted by atomic mass is 79.9. The summed E-state index contributed by atoms with van der Waals surface area (Å²) in [4.78, 5) is 10.6. The van der Waals surface area contributed by atoms with E-state index in [1.165, 1.54) is 19.1 Å². The van der Waals surface area contributed by atoms with Crippen molar-refractivity contribution in [3.63, 3.8) is 0 Å². The van der Waals surface area contributed by atoms with Crippen molar-refractivity contribution in [3.05, 3.63) is 22.7 Å². The fourth-order valence-electron chi connectivity index (χ4n) is 1.31. The lowest BCUT2D eigenvalue weighted by Gasteiger charge is -2.14. The van der Waals surface area contributed by atoms with Gasteiger partial charge in [0.15, 0.2) is 0 Å². The molecule has 1 aromatic carbocycles. The molecule has 0 heterocycles. The maximum atomic E-state index is 12.1. The zero-order chi connectivity index (χ0) is 14.6. The minimum absolute atomic E-state index is 0.100. The summed E-state index contributed by atoms with van der Waals surface area (Å²) in [7, 11) is -3.97. The summed E-state index contributed by atoms with van der Waals surface area (Å²) in [6.07, 6.45) is 0. The quantitative estimate of drug-likeness (QED) is 0.811. The Balaban J connectivity index is 3.19. The van der Waals surface area contributed by atoms with Crippen molar-refractivity contribution in [2.24, 2.45) is 0 Å². The molecule has 0 aliphatic rings. The molecule has 0 fully saturated rings. The zero-order valence-corrected chi connectivity index (χ0v) is 12.8. The first kappa shape index (κ1) is 15.9. The molecule has 2 N–H and O–H groups in total. The molecule has 1 atom stereocenters. The van der Waals surface area contributed by atoms with Gasteiger partial charge in [-0.2, -0.15) is 4.72 Å². The molecule has 106 valence electrons. The molecule has 0 spiro atoms. The van der Waals surface area contributed by atoms with E-state index in [-0.39, 0.29) is 10.6 Å². The van der Waals surface area contributed by atoms with Gasteiger partial charge < -0.3 is 9.84 Å². The number of rotatable bonds is 6. The Morgan fingerprint density at radius 3 is 2.68 bits per heavy atom. The van der Waals surface area contributed by atoms with Crippen LogP contribution in [0, 0.1) is 0 Å². The highest BCUT2D eigenvalue weighted by molar-refractivity contribution is 9.10. The fourth-order valence-corrected chi connectivity index (χ4v) is 3.19. The molecular weight excluding hydrogens is 338 g/mol. The van der Waals surface area contributed by atoms with Crippen LogP contribution in [0.15, 0.2) is 27.6 Å². The van der Waals surface area contributed by atoms with E-state index in [1.54, 1.807) is 13.0 Å². The topological polar surface area (TPSA) is 92.7 Å². The lowest BCUT2D eigenvalue weighted by atomic mass is 10.3. The van der Waals surface area contributed by atoms with Gasteiger partial charge in [0.05, 0.1) is 6.61 Å². The number of carboxylic acids is 1. The molecule has 0 aliphatic carbocycles. The molecule has 0 bridgehead atoms. The van der Waals surface area contributed by atoms with Crippen molar-refractivity contribution in [2.45, 2.75) is 24.8 Å². The van der Waals surface area contributed by atoms with Crippen LogP contribution in [0.25, 0.3) is 0 Å². The number of ether oxygens (including phenoxy) is 1. The molecule has 19 heavy (non-hydrogen) atoms. The third kappa shape index (κ3) is 4.19. The SMILES string of the molecule is CCOc1ccc(Br)cc1S(=O)(=O)N[C@H](C)C(=O)O. The Morgan fingerprint density at radius 1 is 1.53 bits per heavy atom. The van der Waals surface area contributed by atoms with Crippen LogP contribution in [-0.4, -0.2) is 32.1 Å². The van der Waals surface area contributed by atoms with E-state index in [0.29, 0.717) is 11.1 Å². The predicted octanol–water partition coefficient (Wildman–Crippen LogP) is 1.60. The van der Waals surface area contributed by atoms with Crippen LogP contribution in [0.4, 0.5) is 0 Å². The normalized spacial score (nSPS) is 13.0. The minimum atomic E-state index is -3.97. The highest BCUT2D eigenvalue weighted by Crippen LogP contribution is 2.27. The van der Waals surface area contributed by atoms with Crippen LogP contribution >= 0.6 is 15.9 Å². The second kappa shape index (κ2) is 6.36. The molecule has 0 aromatic heterocycles.